The van der Waals surface area contributed by atoms with E-state index in [9.17, 15) is 25.5 Å². The molecule has 21 heavy (non-hydrogen) atoms. The molecule has 0 saturated heterocycles. The Bertz CT molecular complexity index is 744. The minimum Gasteiger partial charge on any atom is -0.348 e. The Morgan fingerprint density at radius 2 is 1.62 bits per heavy atom. The van der Waals surface area contributed by atoms with Crippen LogP contribution in [0, 0.1) is 0 Å². The summed E-state index contributed by atoms with van der Waals surface area (Å²) in [7, 11) is -4.98. The first-order valence-electron chi connectivity index (χ1n) is 5.67. The Kier molecular flexibility index (Phi) is 5.07. The first-order valence-corrected chi connectivity index (χ1v) is 8.50. The maximum absolute atomic E-state index is 12.9. The summed E-state index contributed by atoms with van der Waals surface area (Å²) in [6.45, 7) is -0.415. The van der Waals surface area contributed by atoms with Crippen LogP contribution < -0.4 is 0 Å². The van der Waals surface area contributed by atoms with Gasteiger partial charge in [-0.2, -0.15) is 12.7 Å². The molecule has 0 aliphatic rings. The molecule has 118 valence electrons. The number of halogens is 1. The van der Waals surface area contributed by atoms with E-state index in [0.717, 1.165) is 22.5 Å². The summed E-state index contributed by atoms with van der Waals surface area (Å²) in [4.78, 5) is 11.6. The smallest absolute Gasteiger partial charge is 0.332 e. The van der Waals surface area contributed by atoms with Gasteiger partial charge in [0.1, 0.15) is 0 Å². The van der Waals surface area contributed by atoms with Gasteiger partial charge in [-0.05, 0) is 18.2 Å². The maximum Gasteiger partial charge on any atom is 0.332 e. The third-order valence-electron chi connectivity index (χ3n) is 2.65. The molecule has 0 saturated carbocycles. The second-order valence-electron chi connectivity index (χ2n) is 4.46. The summed E-state index contributed by atoms with van der Waals surface area (Å²) in [5, 5.41) is 0. The molecule has 0 radical (unpaired) electrons. The van der Waals surface area contributed by atoms with E-state index in [0.29, 0.717) is 6.07 Å². The van der Waals surface area contributed by atoms with Crippen LogP contribution in [0.2, 0.25) is 0 Å². The minimum absolute atomic E-state index is 0.407. The fourth-order valence-corrected chi connectivity index (χ4v) is 3.13. The molecule has 1 aromatic carbocycles. The largest absolute Gasteiger partial charge is 0.348 e. The van der Waals surface area contributed by atoms with Crippen LogP contribution >= 0.6 is 0 Å². The molecule has 1 amide bonds. The van der Waals surface area contributed by atoms with Crippen LogP contribution in [0.4, 0.5) is 3.89 Å². The number of likely N-dealkylation sites (N-methyl/N-ethyl adjacent to an activating group) is 2. The number of hydrogen-bond donors (Lipinski definition) is 0. The summed E-state index contributed by atoms with van der Waals surface area (Å²) in [5.74, 6) is -0.449. The van der Waals surface area contributed by atoms with Crippen molar-refractivity contribution in [2.45, 2.75) is 9.79 Å². The number of benzene rings is 1. The van der Waals surface area contributed by atoms with E-state index in [1.165, 1.54) is 26.0 Å². The topological polar surface area (TPSA) is 91.8 Å². The van der Waals surface area contributed by atoms with Gasteiger partial charge in [0.2, 0.25) is 15.9 Å². The zero-order valence-corrected chi connectivity index (χ0v) is 13.3. The molecular weight excluding hydrogens is 323 g/mol. The highest BCUT2D eigenvalue weighted by molar-refractivity contribution is 7.89. The average molecular weight is 338 g/mol. The molecule has 0 spiro atoms. The van der Waals surface area contributed by atoms with Crippen LogP contribution in [-0.2, 0) is 25.0 Å². The lowest BCUT2D eigenvalue weighted by atomic mass is 10.4. The summed E-state index contributed by atoms with van der Waals surface area (Å²) in [5.41, 5.74) is 0. The third-order valence-corrected chi connectivity index (χ3v) is 5.27. The minimum atomic E-state index is -5.01. The van der Waals surface area contributed by atoms with E-state index in [1.807, 2.05) is 0 Å². The lowest BCUT2D eigenvalue weighted by Crippen LogP contribution is -2.37. The number of carbonyl (C=O) groups is 1. The van der Waals surface area contributed by atoms with Gasteiger partial charge < -0.3 is 4.90 Å². The van der Waals surface area contributed by atoms with Gasteiger partial charge in [0.25, 0.3) is 0 Å². The van der Waals surface area contributed by atoms with Gasteiger partial charge in [-0.15, -0.1) is 3.89 Å². The normalized spacial score (nSPS) is 12.4. The second kappa shape index (κ2) is 6.08. The Labute approximate surface area is 123 Å². The molecule has 10 heteroatoms. The highest BCUT2D eigenvalue weighted by Gasteiger charge is 2.25. The SMILES string of the molecule is CN(C)C(=O)CN(C)S(=O)(=O)c1cccc(S(=O)(=O)F)c1. The first kappa shape index (κ1) is 17.5. The summed E-state index contributed by atoms with van der Waals surface area (Å²) >= 11 is 0. The van der Waals surface area contributed by atoms with Crippen molar-refractivity contribution in [3.63, 3.8) is 0 Å². The predicted octanol–water partition coefficient (Wildman–Crippen LogP) is 0.0535. The van der Waals surface area contributed by atoms with Crippen molar-refractivity contribution in [1.82, 2.24) is 9.21 Å². The van der Waals surface area contributed by atoms with E-state index in [1.54, 1.807) is 0 Å². The van der Waals surface area contributed by atoms with Crippen molar-refractivity contribution in [3.8, 4) is 0 Å². The third kappa shape index (κ3) is 4.22. The standard InChI is InChI=1S/C11H15FN2O5S2/c1-13(2)11(15)8-14(3)21(18,19)10-6-4-5-9(7-10)20(12,16)17/h4-7H,8H2,1-3H3. The molecule has 0 heterocycles. The number of amides is 1. The molecule has 7 nitrogen and oxygen atoms in total. The lowest BCUT2D eigenvalue weighted by Gasteiger charge is -2.19. The van der Waals surface area contributed by atoms with Crippen molar-refractivity contribution in [2.24, 2.45) is 0 Å². The molecule has 1 rings (SSSR count). The summed E-state index contributed by atoms with van der Waals surface area (Å²) < 4.78 is 59.7. The van der Waals surface area contributed by atoms with E-state index in [4.69, 9.17) is 0 Å². The molecule has 1 aromatic rings. The van der Waals surface area contributed by atoms with Gasteiger partial charge in [0.15, 0.2) is 0 Å². The molecule has 0 aliphatic carbocycles. The first-order chi connectivity index (χ1) is 9.46. The molecule has 0 aromatic heterocycles. The van der Waals surface area contributed by atoms with Crippen LogP contribution in [-0.4, -0.2) is 59.6 Å². The summed E-state index contributed by atoms with van der Waals surface area (Å²) in [6.07, 6.45) is 0. The number of hydrogen-bond acceptors (Lipinski definition) is 5. The van der Waals surface area contributed by atoms with Gasteiger partial charge in [0.05, 0.1) is 16.3 Å². The van der Waals surface area contributed by atoms with Crippen molar-refractivity contribution in [1.29, 1.82) is 0 Å². The Hall–Kier alpha value is -1.52. The van der Waals surface area contributed by atoms with Crippen LogP contribution in [0.25, 0.3) is 0 Å². The van der Waals surface area contributed by atoms with Crippen LogP contribution in [0.15, 0.2) is 34.1 Å². The van der Waals surface area contributed by atoms with Crippen molar-refractivity contribution < 1.29 is 25.5 Å². The zero-order valence-electron chi connectivity index (χ0n) is 11.6. The monoisotopic (exact) mass is 338 g/mol. The molecule has 0 N–H and O–H groups in total. The van der Waals surface area contributed by atoms with Gasteiger partial charge in [-0.1, -0.05) is 6.07 Å². The van der Waals surface area contributed by atoms with Crippen molar-refractivity contribution in [2.75, 3.05) is 27.7 Å². The second-order valence-corrected chi connectivity index (χ2v) is 7.85. The number of rotatable bonds is 5. The highest BCUT2D eigenvalue weighted by atomic mass is 32.3. The van der Waals surface area contributed by atoms with E-state index in [-0.39, 0.29) is 0 Å². The molecule has 0 aliphatic heterocycles. The molecule has 0 atom stereocenters. The number of carbonyl (C=O) groups excluding carboxylic acids is 1. The molecule has 0 bridgehead atoms. The van der Waals surface area contributed by atoms with Gasteiger partial charge in [-0.3, -0.25) is 4.79 Å². The molecule has 0 unspecified atom stereocenters. The maximum atomic E-state index is 12.9. The lowest BCUT2D eigenvalue weighted by molar-refractivity contribution is -0.128. The van der Waals surface area contributed by atoms with Gasteiger partial charge in [0, 0.05) is 21.1 Å². The average Bonchev–Trinajstić information content (AvgIpc) is 2.37. The van der Waals surface area contributed by atoms with E-state index < -0.39 is 42.5 Å². The Balaban J connectivity index is 3.17. The molecule has 0 fully saturated rings. The summed E-state index contributed by atoms with van der Waals surface area (Å²) in [6, 6.07) is 3.89. The van der Waals surface area contributed by atoms with Crippen molar-refractivity contribution >= 4 is 26.2 Å². The van der Waals surface area contributed by atoms with E-state index in [2.05, 4.69) is 0 Å². The zero-order chi connectivity index (χ0) is 16.4. The van der Waals surface area contributed by atoms with E-state index >= 15 is 0 Å². The number of sulfonamides is 1. The fourth-order valence-electron chi connectivity index (χ4n) is 1.38. The Morgan fingerprint density at radius 1 is 1.10 bits per heavy atom. The fraction of sp³-hybridized carbons (Fsp3) is 0.364. The van der Waals surface area contributed by atoms with Crippen molar-refractivity contribution in [3.05, 3.63) is 24.3 Å². The van der Waals surface area contributed by atoms with Gasteiger partial charge in [-0.25, -0.2) is 8.42 Å². The highest BCUT2D eigenvalue weighted by Crippen LogP contribution is 2.20. The van der Waals surface area contributed by atoms with Crippen LogP contribution in [0.1, 0.15) is 0 Å². The quantitative estimate of drug-likeness (QED) is 0.708. The van der Waals surface area contributed by atoms with Crippen LogP contribution in [0.5, 0.6) is 0 Å². The Morgan fingerprint density at radius 3 is 2.10 bits per heavy atom. The number of nitrogens with zero attached hydrogens (tertiary/aromatic N) is 2. The predicted molar refractivity (Wildman–Crippen MR) is 73.2 cm³/mol. The molecular formula is C11H15FN2O5S2. The van der Waals surface area contributed by atoms with Gasteiger partial charge >= 0.3 is 10.2 Å². The van der Waals surface area contributed by atoms with Crippen LogP contribution in [0.3, 0.4) is 0 Å².